The summed E-state index contributed by atoms with van der Waals surface area (Å²) in [4.78, 5) is 4.40. The van der Waals surface area contributed by atoms with E-state index in [2.05, 4.69) is 43.3 Å². The largest absolute Gasteiger partial charge is 0.378 e. The van der Waals surface area contributed by atoms with E-state index in [0.717, 1.165) is 5.96 Å². The highest BCUT2D eigenvalue weighted by Gasteiger charge is 2.02. The van der Waals surface area contributed by atoms with Gasteiger partial charge in [-0.15, -0.1) is 0 Å². The Kier molecular flexibility index (Phi) is 8.94. The van der Waals surface area contributed by atoms with Crippen LogP contribution < -0.4 is 16.4 Å². The topological polar surface area (TPSA) is 71.7 Å². The Labute approximate surface area is 98.8 Å². The summed E-state index contributed by atoms with van der Waals surface area (Å²) in [6, 6.07) is 0.741. The van der Waals surface area contributed by atoms with E-state index in [1.54, 1.807) is 0 Å². The van der Waals surface area contributed by atoms with E-state index in [-0.39, 0.29) is 0 Å². The van der Waals surface area contributed by atoms with Crippen molar-refractivity contribution in [1.82, 2.24) is 10.6 Å². The maximum absolute atomic E-state index is 5.32. The molecule has 0 bridgehead atoms. The average Bonchev–Trinajstić information content (AvgIpc) is 2.15. The molecule has 5 nitrogen and oxygen atoms in total. The van der Waals surface area contributed by atoms with E-state index in [1.165, 1.54) is 0 Å². The van der Waals surface area contributed by atoms with Crippen LogP contribution in [0, 0.1) is 0 Å². The normalized spacial score (nSPS) is 10.7. The first kappa shape index (κ1) is 15.2. The van der Waals surface area contributed by atoms with Crippen molar-refractivity contribution in [2.75, 3.05) is 26.3 Å². The molecule has 5 heteroatoms. The quantitative estimate of drug-likeness (QED) is 0.334. The summed E-state index contributed by atoms with van der Waals surface area (Å²) in [6.45, 7) is 10.8. The summed E-state index contributed by atoms with van der Waals surface area (Å²) in [5.74, 6) is 0.835. The first-order valence-corrected chi connectivity index (χ1v) is 5.91. The molecule has 0 spiro atoms. The van der Waals surface area contributed by atoms with Crippen molar-refractivity contribution in [2.45, 2.75) is 39.8 Å². The number of hydrogen-bond acceptors (Lipinski definition) is 3. The van der Waals surface area contributed by atoms with E-state index < -0.39 is 0 Å². The van der Waals surface area contributed by atoms with Crippen LogP contribution in [0.3, 0.4) is 0 Å². The number of nitrogens with one attached hydrogen (secondary N) is 2. The van der Waals surface area contributed by atoms with Gasteiger partial charge in [-0.1, -0.05) is 0 Å². The number of nitrogens with two attached hydrogens (primary N) is 1. The molecule has 16 heavy (non-hydrogen) atoms. The molecule has 0 aliphatic rings. The molecule has 0 rings (SSSR count). The van der Waals surface area contributed by atoms with Crippen molar-refractivity contribution in [3.8, 4) is 0 Å². The molecule has 0 aliphatic heterocycles. The van der Waals surface area contributed by atoms with Crippen molar-refractivity contribution < 1.29 is 4.74 Å². The molecular formula is C11H26N4O. The van der Waals surface area contributed by atoms with Crippen LogP contribution in [0.25, 0.3) is 0 Å². The van der Waals surface area contributed by atoms with Crippen molar-refractivity contribution in [2.24, 2.45) is 10.7 Å². The van der Waals surface area contributed by atoms with E-state index in [1.807, 2.05) is 0 Å². The highest BCUT2D eigenvalue weighted by molar-refractivity contribution is 5.80. The summed E-state index contributed by atoms with van der Waals surface area (Å²) in [6.07, 6.45) is 0. The number of ether oxygens (including phenoxy) is 1. The predicted octanol–water partition coefficient (Wildman–Crippen LogP) is 0.314. The smallest absolute Gasteiger partial charge is 0.191 e. The van der Waals surface area contributed by atoms with Gasteiger partial charge in [-0.25, -0.2) is 0 Å². The lowest BCUT2D eigenvalue weighted by atomic mass is 10.4. The molecule has 0 aliphatic carbocycles. The molecule has 4 N–H and O–H groups in total. The number of nitrogens with zero attached hydrogens (tertiary/aromatic N) is 1. The molecule has 0 atom stereocenters. The van der Waals surface area contributed by atoms with Gasteiger partial charge in [0.15, 0.2) is 5.96 Å². The zero-order valence-corrected chi connectivity index (χ0v) is 10.9. The zero-order chi connectivity index (χ0) is 12.4. The molecule has 0 aromatic heterocycles. The monoisotopic (exact) mass is 230 g/mol. The van der Waals surface area contributed by atoms with E-state index in [0.29, 0.717) is 38.4 Å². The lowest BCUT2D eigenvalue weighted by Crippen LogP contribution is -2.44. The zero-order valence-electron chi connectivity index (χ0n) is 10.9. The highest BCUT2D eigenvalue weighted by Crippen LogP contribution is 1.84. The fraction of sp³-hybridized carbons (Fsp3) is 0.909. The third-order valence-electron chi connectivity index (χ3n) is 1.62. The van der Waals surface area contributed by atoms with Crippen LogP contribution in [0.5, 0.6) is 0 Å². The number of guanidine groups is 1. The first-order chi connectivity index (χ1) is 7.56. The molecule has 0 amide bonds. The van der Waals surface area contributed by atoms with Crippen LogP contribution in [-0.4, -0.2) is 44.3 Å². The Balaban J connectivity index is 3.91. The van der Waals surface area contributed by atoms with Crippen molar-refractivity contribution in [1.29, 1.82) is 0 Å². The summed E-state index contributed by atoms with van der Waals surface area (Å²) >= 11 is 0. The van der Waals surface area contributed by atoms with Gasteiger partial charge in [0.1, 0.15) is 0 Å². The fourth-order valence-electron chi connectivity index (χ4n) is 1.09. The molecule has 0 heterocycles. The second-order valence-electron chi connectivity index (χ2n) is 4.23. The van der Waals surface area contributed by atoms with Crippen molar-refractivity contribution >= 4 is 5.96 Å². The van der Waals surface area contributed by atoms with Gasteiger partial charge in [0.25, 0.3) is 0 Å². The van der Waals surface area contributed by atoms with Gasteiger partial charge in [0, 0.05) is 18.6 Å². The molecule has 0 fully saturated rings. The lowest BCUT2D eigenvalue weighted by Gasteiger charge is -2.17. The van der Waals surface area contributed by atoms with Gasteiger partial charge in [0.05, 0.1) is 19.8 Å². The minimum absolute atomic E-state index is 0.370. The Morgan fingerprint density at radius 1 is 1.12 bits per heavy atom. The molecule has 0 saturated heterocycles. The molecule has 0 aromatic rings. The van der Waals surface area contributed by atoms with Crippen molar-refractivity contribution in [3.05, 3.63) is 0 Å². The van der Waals surface area contributed by atoms with Gasteiger partial charge in [-0.3, -0.25) is 4.99 Å². The summed E-state index contributed by atoms with van der Waals surface area (Å²) in [7, 11) is 0. The Morgan fingerprint density at radius 3 is 2.12 bits per heavy atom. The summed E-state index contributed by atoms with van der Waals surface area (Å²) in [5.41, 5.74) is 5.32. The maximum Gasteiger partial charge on any atom is 0.191 e. The molecule has 96 valence electrons. The number of aliphatic imine (C=N–C) groups is 1. The third-order valence-corrected chi connectivity index (χ3v) is 1.62. The minimum atomic E-state index is 0.370. The fourth-order valence-corrected chi connectivity index (χ4v) is 1.09. The third kappa shape index (κ3) is 9.73. The average molecular weight is 230 g/mol. The predicted molar refractivity (Wildman–Crippen MR) is 68.7 cm³/mol. The van der Waals surface area contributed by atoms with Gasteiger partial charge in [-0.2, -0.15) is 0 Å². The van der Waals surface area contributed by atoms with Crippen LogP contribution >= 0.6 is 0 Å². The first-order valence-electron chi connectivity index (χ1n) is 5.91. The van der Waals surface area contributed by atoms with E-state index >= 15 is 0 Å². The van der Waals surface area contributed by atoms with Crippen molar-refractivity contribution in [3.63, 3.8) is 0 Å². The second-order valence-corrected chi connectivity index (χ2v) is 4.23. The Morgan fingerprint density at radius 2 is 1.69 bits per heavy atom. The van der Waals surface area contributed by atoms with Gasteiger partial charge >= 0.3 is 0 Å². The van der Waals surface area contributed by atoms with E-state index in [9.17, 15) is 0 Å². The Hall–Kier alpha value is -0.810. The van der Waals surface area contributed by atoms with Crippen LogP contribution in [0.15, 0.2) is 4.99 Å². The summed E-state index contributed by atoms with van der Waals surface area (Å²) in [5, 5.41) is 6.52. The van der Waals surface area contributed by atoms with Crippen LogP contribution in [0.1, 0.15) is 27.7 Å². The highest BCUT2D eigenvalue weighted by atomic mass is 16.5. The van der Waals surface area contributed by atoms with Crippen LogP contribution in [-0.2, 0) is 4.74 Å². The molecule has 0 aromatic carbocycles. The maximum atomic E-state index is 5.32. The standard InChI is InChI=1S/C11H26N4O/c1-9(2)14-11(15-10(3)4)13-6-8-16-7-5-12/h9-10H,5-8,12H2,1-4H3,(H2,13,14,15). The molecular weight excluding hydrogens is 204 g/mol. The minimum Gasteiger partial charge on any atom is -0.378 e. The summed E-state index contributed by atoms with van der Waals surface area (Å²) < 4.78 is 5.26. The van der Waals surface area contributed by atoms with Crippen LogP contribution in [0.4, 0.5) is 0 Å². The number of hydrogen-bond donors (Lipinski definition) is 3. The van der Waals surface area contributed by atoms with E-state index in [4.69, 9.17) is 10.5 Å². The Bertz CT molecular complexity index is 180. The second kappa shape index (κ2) is 9.42. The van der Waals surface area contributed by atoms with Gasteiger partial charge in [0.2, 0.25) is 0 Å². The lowest BCUT2D eigenvalue weighted by molar-refractivity contribution is 0.149. The van der Waals surface area contributed by atoms with Gasteiger partial charge in [-0.05, 0) is 27.7 Å². The van der Waals surface area contributed by atoms with Crippen LogP contribution in [0.2, 0.25) is 0 Å². The molecule has 0 saturated carbocycles. The number of rotatable bonds is 7. The molecule has 0 radical (unpaired) electrons. The molecule has 0 unspecified atom stereocenters. The van der Waals surface area contributed by atoms with Gasteiger partial charge < -0.3 is 21.1 Å². The SMILES string of the molecule is CC(C)NC(=NCCOCCN)NC(C)C.